The second-order valence-corrected chi connectivity index (χ2v) is 3.40. The summed E-state index contributed by atoms with van der Waals surface area (Å²) in [6, 6.07) is 0. The van der Waals surface area contributed by atoms with Gasteiger partial charge in [0.2, 0.25) is 0 Å². The lowest BCUT2D eigenvalue weighted by atomic mass is 9.95. The summed E-state index contributed by atoms with van der Waals surface area (Å²) in [5.41, 5.74) is -0.0479. The fraction of sp³-hybridized carbons (Fsp3) is 0.400. The van der Waals surface area contributed by atoms with Gasteiger partial charge in [-0.25, -0.2) is 9.98 Å². The van der Waals surface area contributed by atoms with Crippen LogP contribution < -0.4 is 0 Å². The van der Waals surface area contributed by atoms with Gasteiger partial charge in [-0.3, -0.25) is 0 Å². The molecule has 0 spiro atoms. The minimum absolute atomic E-state index is 0.0479. The van der Waals surface area contributed by atoms with Crippen molar-refractivity contribution < 1.29 is 0 Å². The molecule has 0 heterocycles. The van der Waals surface area contributed by atoms with Gasteiger partial charge in [0.25, 0.3) is 0 Å². The van der Waals surface area contributed by atoms with Crippen LogP contribution in [-0.4, -0.2) is 12.1 Å². The number of allylic oxidation sites excluding steroid dienone is 1. The number of aliphatic imine (C=N–C) groups is 2. The Labute approximate surface area is 74.4 Å². The summed E-state index contributed by atoms with van der Waals surface area (Å²) in [4.78, 5) is 8.21. The van der Waals surface area contributed by atoms with Gasteiger partial charge in [0.15, 0.2) is 0 Å². The van der Waals surface area contributed by atoms with Gasteiger partial charge in [-0.1, -0.05) is 40.0 Å². The molecule has 0 N–H and O–H groups in total. The third kappa shape index (κ3) is 3.86. The monoisotopic (exact) mass is 164 g/mol. The average Bonchev–Trinajstić information content (AvgIpc) is 1.95. The molecule has 0 saturated carbocycles. The number of nitrogens with zero attached hydrogens (tertiary/aromatic N) is 2. The van der Waals surface area contributed by atoms with Crippen LogP contribution in [0.15, 0.2) is 35.4 Å². The van der Waals surface area contributed by atoms with E-state index in [2.05, 4.69) is 43.9 Å². The van der Waals surface area contributed by atoms with Gasteiger partial charge in [0.1, 0.15) is 5.84 Å². The molecule has 2 heteroatoms. The third-order valence-corrected chi connectivity index (χ3v) is 1.19. The van der Waals surface area contributed by atoms with Crippen molar-refractivity contribution in [2.45, 2.75) is 20.8 Å². The molecular formula is C10H16N2. The van der Waals surface area contributed by atoms with Crippen LogP contribution in [0.25, 0.3) is 0 Å². The van der Waals surface area contributed by atoms with E-state index >= 15 is 0 Å². The second kappa shape index (κ2) is 4.65. The lowest BCUT2D eigenvalue weighted by Gasteiger charge is -2.16. The first kappa shape index (κ1) is 10.8. The van der Waals surface area contributed by atoms with Gasteiger partial charge < -0.3 is 0 Å². The SMILES string of the molecule is C=CC=NC(=NC=C)C(C)(C)C. The van der Waals surface area contributed by atoms with Crippen LogP contribution in [0.2, 0.25) is 0 Å². The first-order valence-corrected chi connectivity index (χ1v) is 3.86. The van der Waals surface area contributed by atoms with Crippen LogP contribution in [-0.2, 0) is 0 Å². The van der Waals surface area contributed by atoms with Crippen LogP contribution >= 0.6 is 0 Å². The highest BCUT2D eigenvalue weighted by Crippen LogP contribution is 2.16. The standard InChI is InChI=1S/C10H16N2/c1-6-8-12-9(11-7-2)10(3,4)5/h6-8H,1-2H2,3-5H3. The third-order valence-electron chi connectivity index (χ3n) is 1.19. The Morgan fingerprint density at radius 1 is 1.25 bits per heavy atom. The Hall–Kier alpha value is -1.18. The zero-order valence-corrected chi connectivity index (χ0v) is 8.04. The molecule has 0 rings (SSSR count). The maximum atomic E-state index is 4.14. The number of amidine groups is 1. The molecule has 0 aromatic rings. The minimum atomic E-state index is -0.0479. The molecule has 0 fully saturated rings. The highest BCUT2D eigenvalue weighted by Gasteiger charge is 2.16. The summed E-state index contributed by atoms with van der Waals surface area (Å²) in [5, 5.41) is 0. The smallest absolute Gasteiger partial charge is 0.133 e. The Kier molecular flexibility index (Phi) is 4.19. The molecule has 0 bridgehead atoms. The van der Waals surface area contributed by atoms with E-state index in [-0.39, 0.29) is 5.41 Å². The number of rotatable bonds is 2. The van der Waals surface area contributed by atoms with E-state index in [4.69, 9.17) is 0 Å². The number of hydrogen-bond acceptors (Lipinski definition) is 1. The molecule has 0 radical (unpaired) electrons. The van der Waals surface area contributed by atoms with Crippen molar-refractivity contribution in [1.29, 1.82) is 0 Å². The Bertz CT molecular complexity index is 216. The molecule has 66 valence electrons. The van der Waals surface area contributed by atoms with Crippen LogP contribution in [0.3, 0.4) is 0 Å². The zero-order valence-electron chi connectivity index (χ0n) is 8.04. The van der Waals surface area contributed by atoms with Crippen molar-refractivity contribution in [3.63, 3.8) is 0 Å². The Morgan fingerprint density at radius 3 is 2.17 bits per heavy atom. The minimum Gasteiger partial charge on any atom is -0.241 e. The van der Waals surface area contributed by atoms with E-state index in [9.17, 15) is 0 Å². The molecule has 0 unspecified atom stereocenters. The largest absolute Gasteiger partial charge is 0.241 e. The normalized spacial score (nSPS) is 13.4. The zero-order chi connectivity index (χ0) is 9.61. The molecule has 12 heavy (non-hydrogen) atoms. The van der Waals surface area contributed by atoms with Crippen molar-refractivity contribution in [2.24, 2.45) is 15.4 Å². The van der Waals surface area contributed by atoms with Crippen LogP contribution in [0, 0.1) is 5.41 Å². The van der Waals surface area contributed by atoms with Crippen LogP contribution in [0.4, 0.5) is 0 Å². The molecule has 0 aliphatic rings. The summed E-state index contributed by atoms with van der Waals surface area (Å²) in [5.74, 6) is 0.761. The second-order valence-electron chi connectivity index (χ2n) is 3.40. The van der Waals surface area contributed by atoms with E-state index in [1.165, 1.54) is 6.20 Å². The topological polar surface area (TPSA) is 24.7 Å². The van der Waals surface area contributed by atoms with E-state index in [0.29, 0.717) is 0 Å². The molecule has 0 atom stereocenters. The highest BCUT2D eigenvalue weighted by molar-refractivity contribution is 5.95. The molecule has 0 aliphatic carbocycles. The van der Waals surface area contributed by atoms with Gasteiger partial charge in [-0.05, 0) is 0 Å². The van der Waals surface area contributed by atoms with E-state index in [1.807, 2.05) is 0 Å². The predicted molar refractivity (Wildman–Crippen MR) is 55.8 cm³/mol. The maximum absolute atomic E-state index is 4.14. The van der Waals surface area contributed by atoms with E-state index in [1.54, 1.807) is 12.3 Å². The van der Waals surface area contributed by atoms with Crippen molar-refractivity contribution in [2.75, 3.05) is 0 Å². The predicted octanol–water partition coefficient (Wildman–Crippen LogP) is 2.83. The average molecular weight is 164 g/mol. The Morgan fingerprint density at radius 2 is 1.83 bits per heavy atom. The first-order valence-electron chi connectivity index (χ1n) is 3.86. The van der Waals surface area contributed by atoms with E-state index < -0.39 is 0 Å². The summed E-state index contributed by atoms with van der Waals surface area (Å²) < 4.78 is 0. The molecule has 0 saturated heterocycles. The van der Waals surface area contributed by atoms with Gasteiger partial charge in [-0.2, -0.15) is 0 Å². The maximum Gasteiger partial charge on any atom is 0.133 e. The summed E-state index contributed by atoms with van der Waals surface area (Å²) in [6.07, 6.45) is 4.76. The summed E-state index contributed by atoms with van der Waals surface area (Å²) in [6.45, 7) is 13.2. The van der Waals surface area contributed by atoms with Gasteiger partial charge >= 0.3 is 0 Å². The fourth-order valence-corrected chi connectivity index (χ4v) is 0.630. The highest BCUT2D eigenvalue weighted by atomic mass is 14.9. The number of hydrogen-bond donors (Lipinski definition) is 0. The Balaban J connectivity index is 4.68. The van der Waals surface area contributed by atoms with E-state index in [0.717, 1.165) is 5.84 Å². The van der Waals surface area contributed by atoms with Gasteiger partial charge in [-0.15, -0.1) is 0 Å². The lowest BCUT2D eigenvalue weighted by Crippen LogP contribution is -2.17. The molecule has 0 amide bonds. The van der Waals surface area contributed by atoms with Crippen LogP contribution in [0.5, 0.6) is 0 Å². The molecule has 0 aromatic heterocycles. The van der Waals surface area contributed by atoms with Crippen molar-refractivity contribution >= 4 is 12.1 Å². The lowest BCUT2D eigenvalue weighted by molar-refractivity contribution is 0.585. The molecule has 0 aliphatic heterocycles. The quantitative estimate of drug-likeness (QED) is 0.443. The van der Waals surface area contributed by atoms with Crippen LogP contribution in [0.1, 0.15) is 20.8 Å². The first-order chi connectivity index (χ1) is 5.52. The molecular weight excluding hydrogens is 148 g/mol. The fourth-order valence-electron chi connectivity index (χ4n) is 0.630. The van der Waals surface area contributed by atoms with Crippen molar-refractivity contribution in [3.8, 4) is 0 Å². The van der Waals surface area contributed by atoms with Gasteiger partial charge in [0, 0.05) is 17.8 Å². The van der Waals surface area contributed by atoms with Crippen molar-refractivity contribution in [1.82, 2.24) is 0 Å². The summed E-state index contributed by atoms with van der Waals surface area (Å²) in [7, 11) is 0. The summed E-state index contributed by atoms with van der Waals surface area (Å²) >= 11 is 0. The molecule has 2 nitrogen and oxygen atoms in total. The van der Waals surface area contributed by atoms with Gasteiger partial charge in [0.05, 0.1) is 0 Å². The molecule has 0 aromatic carbocycles. The van der Waals surface area contributed by atoms with Crippen molar-refractivity contribution in [3.05, 3.63) is 25.4 Å².